The van der Waals surface area contributed by atoms with Crippen LogP contribution in [0.4, 0.5) is 0 Å². The first-order chi connectivity index (χ1) is 13.1. The first kappa shape index (κ1) is 17.5. The topological polar surface area (TPSA) is 65.7 Å². The van der Waals surface area contributed by atoms with Gasteiger partial charge in [-0.3, -0.25) is 4.79 Å². The van der Waals surface area contributed by atoms with Crippen LogP contribution < -0.4 is 19.6 Å². The third-order valence-corrected chi connectivity index (χ3v) is 5.32. The molecule has 4 rings (SSSR count). The lowest BCUT2D eigenvalue weighted by atomic mass is 10.2. The van der Waals surface area contributed by atoms with Crippen LogP contribution in [0.5, 0.6) is 11.5 Å². The molecular weight excluding hydrogens is 386 g/mol. The minimum atomic E-state index is -0.228. The van der Waals surface area contributed by atoms with E-state index in [0.717, 1.165) is 11.1 Å². The van der Waals surface area contributed by atoms with Crippen molar-refractivity contribution in [2.75, 3.05) is 14.2 Å². The largest absolute Gasteiger partial charge is 0.493 e. The Morgan fingerprint density at radius 3 is 2.59 bits per heavy atom. The molecule has 0 fully saturated rings. The number of methoxy groups -OCH3 is 2. The number of fused-ring (bicyclic) bond motifs is 1. The van der Waals surface area contributed by atoms with Gasteiger partial charge in [-0.25, -0.2) is 0 Å². The number of nitrogens with zero attached hydrogens (tertiary/aromatic N) is 3. The summed E-state index contributed by atoms with van der Waals surface area (Å²) < 4.78 is 12.4. The molecular formula is C19H14ClN3O3S. The van der Waals surface area contributed by atoms with Gasteiger partial charge in [-0.05, 0) is 35.9 Å². The Balaban J connectivity index is 1.80. The van der Waals surface area contributed by atoms with Crippen LogP contribution in [0.25, 0.3) is 22.4 Å². The van der Waals surface area contributed by atoms with E-state index in [2.05, 4.69) is 10.1 Å². The molecule has 136 valence electrons. The second-order valence-electron chi connectivity index (χ2n) is 5.64. The molecule has 2 heterocycles. The molecule has 0 bridgehead atoms. The average molecular weight is 400 g/mol. The quantitative estimate of drug-likeness (QED) is 0.527. The molecule has 0 aliphatic carbocycles. The maximum Gasteiger partial charge on any atom is 0.291 e. The highest BCUT2D eigenvalue weighted by molar-refractivity contribution is 7.15. The van der Waals surface area contributed by atoms with Crippen molar-refractivity contribution in [3.8, 4) is 22.9 Å². The highest BCUT2D eigenvalue weighted by atomic mass is 35.5. The Morgan fingerprint density at radius 2 is 1.89 bits per heavy atom. The highest BCUT2D eigenvalue weighted by Gasteiger charge is 2.14. The predicted octanol–water partition coefficient (Wildman–Crippen LogP) is 3.04. The fraction of sp³-hybridized carbons (Fsp3) is 0.105. The Labute approximate surface area is 163 Å². The molecule has 6 nitrogen and oxygen atoms in total. The van der Waals surface area contributed by atoms with Crippen molar-refractivity contribution in [3.05, 3.63) is 67.9 Å². The van der Waals surface area contributed by atoms with Crippen LogP contribution >= 0.6 is 22.9 Å². The van der Waals surface area contributed by atoms with Crippen molar-refractivity contribution < 1.29 is 9.47 Å². The summed E-state index contributed by atoms with van der Waals surface area (Å²) in [5, 5.41) is 4.94. The van der Waals surface area contributed by atoms with Gasteiger partial charge < -0.3 is 9.47 Å². The second kappa shape index (κ2) is 7.02. The van der Waals surface area contributed by atoms with Crippen LogP contribution in [0.2, 0.25) is 5.02 Å². The summed E-state index contributed by atoms with van der Waals surface area (Å²) in [7, 11) is 3.14. The summed E-state index contributed by atoms with van der Waals surface area (Å²) >= 11 is 7.44. The van der Waals surface area contributed by atoms with Crippen LogP contribution in [0, 0.1) is 0 Å². The molecule has 2 aromatic carbocycles. The van der Waals surface area contributed by atoms with Gasteiger partial charge in [-0.1, -0.05) is 41.1 Å². The average Bonchev–Trinajstić information content (AvgIpc) is 3.23. The van der Waals surface area contributed by atoms with E-state index in [4.69, 9.17) is 21.1 Å². The number of rotatable bonds is 4. The highest BCUT2D eigenvalue weighted by Crippen LogP contribution is 2.31. The second-order valence-corrected chi connectivity index (χ2v) is 7.05. The molecule has 0 aliphatic heterocycles. The molecule has 0 spiro atoms. The monoisotopic (exact) mass is 399 g/mol. The van der Waals surface area contributed by atoms with E-state index in [-0.39, 0.29) is 5.56 Å². The number of hydrogen-bond donors (Lipinski definition) is 0. The molecule has 0 saturated heterocycles. The summed E-state index contributed by atoms with van der Waals surface area (Å²) in [4.78, 5) is 17.7. The molecule has 0 amide bonds. The zero-order chi connectivity index (χ0) is 19.0. The normalized spacial score (nSPS) is 11.9. The number of thiazole rings is 1. The number of halogens is 1. The van der Waals surface area contributed by atoms with Gasteiger partial charge in [0.25, 0.3) is 5.56 Å². The first-order valence-corrected chi connectivity index (χ1v) is 9.18. The molecule has 0 unspecified atom stereocenters. The van der Waals surface area contributed by atoms with Crippen molar-refractivity contribution in [3.63, 3.8) is 0 Å². The zero-order valence-corrected chi connectivity index (χ0v) is 16.0. The molecule has 27 heavy (non-hydrogen) atoms. The van der Waals surface area contributed by atoms with Gasteiger partial charge in [0.05, 0.1) is 18.8 Å². The van der Waals surface area contributed by atoms with E-state index in [1.807, 2.05) is 24.3 Å². The number of benzene rings is 2. The molecule has 0 radical (unpaired) electrons. The molecule has 2 aromatic heterocycles. The number of ether oxygens (including phenoxy) is 2. The Morgan fingerprint density at radius 1 is 1.11 bits per heavy atom. The molecule has 8 heteroatoms. The molecule has 0 saturated carbocycles. The van der Waals surface area contributed by atoms with E-state index >= 15 is 0 Å². The van der Waals surface area contributed by atoms with Crippen molar-refractivity contribution in [2.45, 2.75) is 0 Å². The lowest BCUT2D eigenvalue weighted by Crippen LogP contribution is -2.23. The summed E-state index contributed by atoms with van der Waals surface area (Å²) in [6.45, 7) is 0. The lowest BCUT2D eigenvalue weighted by molar-refractivity contribution is 0.355. The van der Waals surface area contributed by atoms with E-state index in [1.54, 1.807) is 38.5 Å². The Kier molecular flexibility index (Phi) is 4.55. The van der Waals surface area contributed by atoms with E-state index in [1.165, 1.54) is 15.9 Å². The van der Waals surface area contributed by atoms with Gasteiger partial charge in [0, 0.05) is 10.6 Å². The van der Waals surface area contributed by atoms with Crippen molar-refractivity contribution in [2.24, 2.45) is 0 Å². The minimum Gasteiger partial charge on any atom is -0.493 e. The van der Waals surface area contributed by atoms with Gasteiger partial charge in [0.2, 0.25) is 4.96 Å². The maximum atomic E-state index is 12.7. The summed E-state index contributed by atoms with van der Waals surface area (Å²) in [6, 6.07) is 12.7. The van der Waals surface area contributed by atoms with Crippen molar-refractivity contribution >= 4 is 34.0 Å². The summed E-state index contributed by atoms with van der Waals surface area (Å²) in [6.07, 6.45) is 1.75. The predicted molar refractivity (Wildman–Crippen MR) is 106 cm³/mol. The SMILES string of the molecule is COc1ccc(-c2nc3s/c(=C/c4ccccc4Cl)c(=O)n3n2)cc1OC. The lowest BCUT2D eigenvalue weighted by Gasteiger charge is -2.07. The standard InChI is InChI=1S/C19H14ClN3O3S/c1-25-14-8-7-12(9-15(14)26-2)17-21-19-23(22-17)18(24)16(27-19)10-11-5-3-4-6-13(11)20/h3-10H,1-2H3/b16-10+. The van der Waals surface area contributed by atoms with Crippen LogP contribution in [0.3, 0.4) is 0 Å². The van der Waals surface area contributed by atoms with Gasteiger partial charge in [0.15, 0.2) is 17.3 Å². The number of aromatic nitrogens is 3. The molecule has 0 N–H and O–H groups in total. The minimum absolute atomic E-state index is 0.228. The number of hydrogen-bond acceptors (Lipinski definition) is 6. The Hall–Kier alpha value is -2.90. The first-order valence-electron chi connectivity index (χ1n) is 7.99. The van der Waals surface area contributed by atoms with Crippen LogP contribution in [-0.2, 0) is 0 Å². The van der Waals surface area contributed by atoms with E-state index in [9.17, 15) is 4.79 Å². The van der Waals surface area contributed by atoms with Crippen molar-refractivity contribution in [1.29, 1.82) is 0 Å². The van der Waals surface area contributed by atoms with Crippen LogP contribution in [0.1, 0.15) is 5.56 Å². The van der Waals surface area contributed by atoms with Gasteiger partial charge in [-0.2, -0.15) is 9.50 Å². The maximum absolute atomic E-state index is 12.7. The van der Waals surface area contributed by atoms with E-state index in [0.29, 0.717) is 31.8 Å². The van der Waals surface area contributed by atoms with E-state index < -0.39 is 0 Å². The zero-order valence-electron chi connectivity index (χ0n) is 14.5. The van der Waals surface area contributed by atoms with Crippen molar-refractivity contribution in [1.82, 2.24) is 14.6 Å². The van der Waals surface area contributed by atoms with Gasteiger partial charge in [-0.15, -0.1) is 5.10 Å². The molecule has 4 aromatic rings. The molecule has 0 aliphatic rings. The summed E-state index contributed by atoms with van der Waals surface area (Å²) in [5.74, 6) is 1.63. The van der Waals surface area contributed by atoms with Crippen LogP contribution in [-0.4, -0.2) is 28.8 Å². The fourth-order valence-corrected chi connectivity index (χ4v) is 3.75. The van der Waals surface area contributed by atoms with Gasteiger partial charge in [0.1, 0.15) is 0 Å². The Bertz CT molecular complexity index is 1250. The van der Waals surface area contributed by atoms with Gasteiger partial charge >= 0.3 is 0 Å². The third-order valence-electron chi connectivity index (χ3n) is 4.02. The summed E-state index contributed by atoms with van der Waals surface area (Å²) in [5.41, 5.74) is 1.29. The molecule has 0 atom stereocenters. The third kappa shape index (κ3) is 3.15. The smallest absolute Gasteiger partial charge is 0.291 e. The fourth-order valence-electron chi connectivity index (χ4n) is 2.66. The van der Waals surface area contributed by atoms with Crippen LogP contribution in [0.15, 0.2) is 47.3 Å².